The first-order valence-corrected chi connectivity index (χ1v) is 10.6. The molecule has 2 aromatic heterocycles. The third-order valence-electron chi connectivity index (χ3n) is 3.84. The molecule has 0 fully saturated rings. The molecule has 0 saturated carbocycles. The van der Waals surface area contributed by atoms with E-state index in [1.54, 1.807) is 29.9 Å². The number of fused-ring (bicyclic) bond motifs is 1. The highest BCUT2D eigenvalue weighted by atomic mass is 32.1. The second kappa shape index (κ2) is 8.46. The first-order chi connectivity index (χ1) is 13.3. The number of anilines is 1. The van der Waals surface area contributed by atoms with E-state index in [0.717, 1.165) is 5.56 Å². The number of benzene rings is 1. The third kappa shape index (κ3) is 5.00. The van der Waals surface area contributed by atoms with Crippen molar-refractivity contribution >= 4 is 37.2 Å². The zero-order valence-electron chi connectivity index (χ0n) is 15.1. The quantitative estimate of drug-likeness (QED) is 0.267. The van der Waals surface area contributed by atoms with Crippen LogP contribution in [0.15, 0.2) is 29.4 Å². The molecular formula is C16H21N5O5PS+. The van der Waals surface area contributed by atoms with Gasteiger partial charge in [-0.2, -0.15) is 15.0 Å². The molecule has 0 atom stereocenters. The SMILES string of the molecule is COCCOc1nc(N)c2nc([SH2+])n(Cc3cccc(CP(=O)(O)O)c3)c2n1. The predicted octanol–water partition coefficient (Wildman–Crippen LogP) is 0.530. The van der Waals surface area contributed by atoms with E-state index in [9.17, 15) is 14.4 Å². The standard InChI is InChI=1S/C16H20N5O5PS/c1-25-5-6-26-15-19-13(17)12-14(20-15)21(16(28)18-12)8-10-3-2-4-11(7-10)9-27(22,23)24/h2-4,7H,5-6,8-9H2,1H3,(H,18,28)(H2,17,19,20)(H2,22,23,24)/p+1. The van der Waals surface area contributed by atoms with Crippen LogP contribution in [0.5, 0.6) is 6.01 Å². The summed E-state index contributed by atoms with van der Waals surface area (Å²) in [6, 6.07) is 7.11. The number of nitrogen functional groups attached to an aromatic ring is 1. The lowest BCUT2D eigenvalue weighted by molar-refractivity contribution is 0.141. The van der Waals surface area contributed by atoms with Gasteiger partial charge in [-0.15, -0.1) is 0 Å². The average Bonchev–Trinajstić information content (AvgIpc) is 2.91. The molecular weight excluding hydrogens is 405 g/mol. The Balaban J connectivity index is 1.93. The number of ether oxygens (including phenoxy) is 2. The zero-order valence-corrected chi connectivity index (χ0v) is 17.0. The second-order valence-electron chi connectivity index (χ2n) is 6.07. The molecule has 10 nitrogen and oxygen atoms in total. The topological polar surface area (TPSA) is 146 Å². The van der Waals surface area contributed by atoms with Gasteiger partial charge in [0.25, 0.3) is 0 Å². The van der Waals surface area contributed by atoms with Crippen LogP contribution in [0.4, 0.5) is 5.82 Å². The van der Waals surface area contributed by atoms with Crippen molar-refractivity contribution in [3.63, 3.8) is 0 Å². The molecule has 12 heteroatoms. The van der Waals surface area contributed by atoms with E-state index in [0.29, 0.717) is 35.0 Å². The number of hydrogen-bond donors (Lipinski definition) is 3. The van der Waals surface area contributed by atoms with Crippen molar-refractivity contribution in [1.29, 1.82) is 0 Å². The molecule has 4 N–H and O–H groups in total. The van der Waals surface area contributed by atoms with Crippen molar-refractivity contribution in [1.82, 2.24) is 19.5 Å². The molecule has 3 aromatic rings. The highest BCUT2D eigenvalue weighted by Gasteiger charge is 2.19. The smallest absolute Gasteiger partial charge is 0.329 e. The van der Waals surface area contributed by atoms with Gasteiger partial charge in [-0.3, -0.25) is 9.13 Å². The monoisotopic (exact) mass is 426 g/mol. The van der Waals surface area contributed by atoms with Gasteiger partial charge in [0.2, 0.25) is 0 Å². The minimum Gasteiger partial charge on any atom is -0.461 e. The normalized spacial score (nSPS) is 11.9. The Morgan fingerprint density at radius 1 is 1.21 bits per heavy atom. The van der Waals surface area contributed by atoms with E-state index in [1.807, 2.05) is 6.07 Å². The molecule has 1 aromatic carbocycles. The van der Waals surface area contributed by atoms with Crippen LogP contribution in [-0.4, -0.2) is 49.6 Å². The van der Waals surface area contributed by atoms with Crippen LogP contribution in [0.3, 0.4) is 0 Å². The summed E-state index contributed by atoms with van der Waals surface area (Å²) in [5, 5.41) is 0.491. The summed E-state index contributed by atoms with van der Waals surface area (Å²) < 4.78 is 23.4. The van der Waals surface area contributed by atoms with Crippen molar-refractivity contribution in [3.05, 3.63) is 35.4 Å². The number of aromatic nitrogens is 4. The minimum atomic E-state index is -4.15. The van der Waals surface area contributed by atoms with Crippen LogP contribution < -0.4 is 10.5 Å². The van der Waals surface area contributed by atoms with Gasteiger partial charge in [-0.1, -0.05) is 24.3 Å². The first kappa shape index (κ1) is 20.6. The van der Waals surface area contributed by atoms with Gasteiger partial charge in [0, 0.05) is 19.7 Å². The lowest BCUT2D eigenvalue weighted by Crippen LogP contribution is -2.09. The summed E-state index contributed by atoms with van der Waals surface area (Å²) >= 11 is 3.46. The second-order valence-corrected chi connectivity index (χ2v) is 8.16. The van der Waals surface area contributed by atoms with Crippen molar-refractivity contribution in [3.8, 4) is 6.01 Å². The van der Waals surface area contributed by atoms with E-state index in [2.05, 4.69) is 27.6 Å². The number of methoxy groups -OCH3 is 1. The van der Waals surface area contributed by atoms with Crippen molar-refractivity contribution in [2.45, 2.75) is 17.9 Å². The molecule has 0 amide bonds. The van der Waals surface area contributed by atoms with Crippen LogP contribution in [0.25, 0.3) is 11.2 Å². The van der Waals surface area contributed by atoms with Crippen LogP contribution in [0.2, 0.25) is 0 Å². The van der Waals surface area contributed by atoms with Gasteiger partial charge in [0.05, 0.1) is 19.3 Å². The van der Waals surface area contributed by atoms with Gasteiger partial charge in [0.1, 0.15) is 6.61 Å². The Labute approximate surface area is 166 Å². The maximum absolute atomic E-state index is 11.3. The van der Waals surface area contributed by atoms with Crippen LogP contribution in [-0.2, 0) is 34.6 Å². The molecule has 0 spiro atoms. The van der Waals surface area contributed by atoms with Crippen molar-refractivity contribution in [2.75, 3.05) is 26.1 Å². The number of rotatable bonds is 8. The molecule has 3 rings (SSSR count). The Hall–Kier alpha value is -2.17. The largest absolute Gasteiger partial charge is 0.461 e. The molecule has 0 aliphatic carbocycles. The highest BCUT2D eigenvalue weighted by molar-refractivity contribution is 7.58. The van der Waals surface area contributed by atoms with Crippen LogP contribution in [0, 0.1) is 0 Å². The number of nitrogens with zero attached hydrogens (tertiary/aromatic N) is 4. The highest BCUT2D eigenvalue weighted by Crippen LogP contribution is 2.39. The average molecular weight is 426 g/mol. The molecule has 150 valence electrons. The molecule has 0 aliphatic rings. The fraction of sp³-hybridized carbons (Fsp3) is 0.312. The first-order valence-electron chi connectivity index (χ1n) is 8.26. The fourth-order valence-corrected chi connectivity index (χ4v) is 3.65. The van der Waals surface area contributed by atoms with Gasteiger partial charge in [-0.25, -0.2) is 0 Å². The van der Waals surface area contributed by atoms with E-state index >= 15 is 0 Å². The third-order valence-corrected chi connectivity index (χ3v) is 5.00. The number of hydrogen-bond acceptors (Lipinski definition) is 7. The van der Waals surface area contributed by atoms with E-state index in [4.69, 9.17) is 15.2 Å². The Kier molecular flexibility index (Phi) is 6.21. The van der Waals surface area contributed by atoms with Crippen LogP contribution in [0.1, 0.15) is 11.1 Å². The van der Waals surface area contributed by atoms with Crippen molar-refractivity contribution < 1.29 is 23.8 Å². The van der Waals surface area contributed by atoms with Gasteiger partial charge >= 0.3 is 18.8 Å². The fourth-order valence-electron chi connectivity index (χ4n) is 2.68. The molecule has 0 aliphatic heterocycles. The van der Waals surface area contributed by atoms with Gasteiger partial charge < -0.3 is 25.0 Å². The summed E-state index contributed by atoms with van der Waals surface area (Å²) in [5.74, 6) is 0.186. The number of imidazole rings is 1. The Morgan fingerprint density at radius 3 is 2.68 bits per heavy atom. The van der Waals surface area contributed by atoms with Gasteiger partial charge in [0.15, 0.2) is 17.0 Å². The summed E-state index contributed by atoms with van der Waals surface area (Å²) in [6.07, 6.45) is -0.321. The molecule has 28 heavy (non-hydrogen) atoms. The molecule has 2 heterocycles. The summed E-state index contributed by atoms with van der Waals surface area (Å²) in [7, 11) is -2.58. The summed E-state index contributed by atoms with van der Waals surface area (Å²) in [5.41, 5.74) is 8.26. The molecule has 0 saturated heterocycles. The molecule has 0 unspecified atom stereocenters. The van der Waals surface area contributed by atoms with E-state index in [-0.39, 0.29) is 24.6 Å². The molecule has 0 bridgehead atoms. The Morgan fingerprint density at radius 2 is 1.96 bits per heavy atom. The minimum absolute atomic E-state index is 0.116. The summed E-state index contributed by atoms with van der Waals surface area (Å²) in [4.78, 5) is 31.2. The Bertz CT molecular complexity index is 1040. The lowest BCUT2D eigenvalue weighted by atomic mass is 10.1. The maximum atomic E-state index is 11.3. The van der Waals surface area contributed by atoms with E-state index in [1.165, 1.54) is 0 Å². The van der Waals surface area contributed by atoms with Gasteiger partial charge in [-0.05, 0) is 11.1 Å². The zero-order chi connectivity index (χ0) is 20.3. The van der Waals surface area contributed by atoms with E-state index < -0.39 is 7.60 Å². The van der Waals surface area contributed by atoms with Crippen molar-refractivity contribution in [2.24, 2.45) is 0 Å². The summed E-state index contributed by atoms with van der Waals surface area (Å²) in [6.45, 7) is 1.02. The number of nitrogens with two attached hydrogens (primary N) is 1. The predicted molar refractivity (Wildman–Crippen MR) is 107 cm³/mol. The molecule has 0 radical (unpaired) electrons. The van der Waals surface area contributed by atoms with Crippen LogP contribution >= 0.6 is 7.60 Å². The lowest BCUT2D eigenvalue weighted by Gasteiger charge is -2.09. The maximum Gasteiger partial charge on any atom is 0.329 e.